The summed E-state index contributed by atoms with van der Waals surface area (Å²) in [5, 5.41) is 2.84. The molecule has 236 valence electrons. The Morgan fingerprint density at radius 1 is 1.00 bits per heavy atom. The first-order valence-electron chi connectivity index (χ1n) is 15.1. The molecule has 3 heterocycles. The van der Waals surface area contributed by atoms with E-state index < -0.39 is 0 Å². The lowest BCUT2D eigenvalue weighted by Crippen LogP contribution is -2.45. The zero-order valence-corrected chi connectivity index (χ0v) is 28.3. The maximum atomic E-state index is 8.58. The summed E-state index contributed by atoms with van der Waals surface area (Å²) in [4.78, 5) is 18.8. The number of nitrogens with two attached hydrogens (primary N) is 3. The largest absolute Gasteiger partial charge is 0.403 e. The number of carbonyl (C=O) groups excluding carboxylic acids is 1. The van der Waals surface area contributed by atoms with E-state index in [0.29, 0.717) is 0 Å². The van der Waals surface area contributed by atoms with Gasteiger partial charge in [-0.3, -0.25) is 4.79 Å². The number of aryl methyl sites for hydroxylation is 1. The van der Waals surface area contributed by atoms with Crippen LogP contribution < -0.4 is 17.3 Å². The molecule has 3 aromatic rings. The summed E-state index contributed by atoms with van der Waals surface area (Å²) in [6.07, 6.45) is 9.90. The number of piperazine rings is 1. The van der Waals surface area contributed by atoms with Crippen molar-refractivity contribution in [1.82, 2.24) is 23.8 Å². The number of unbranched alkanes of at least 4 members (excludes halogenated alkanes) is 2. The number of hydrogen-bond acceptors (Lipinski definition) is 8. The van der Waals surface area contributed by atoms with Crippen molar-refractivity contribution in [1.29, 1.82) is 0 Å². The standard InChI is InChI=1S/C21H27N7S.2C4H10.C2H6.CH3NO/c1-14-21(29-27-7-8-28(23)18(11-22)13-27)10-17(26(14)3)9-16-5-4-6-20-19(16)12-24-15(2)25-20;2*1-3-4-2;1-2;2-1-3/h4-6,10-12H,7-9,13,22-23H2,1-3H3;2*3-4H2,1-2H3;1-2H3;1H,(H2,2,3)/b18-11-;;;;. The van der Waals surface area contributed by atoms with Gasteiger partial charge in [0, 0.05) is 60.6 Å². The van der Waals surface area contributed by atoms with Crippen molar-refractivity contribution < 1.29 is 4.79 Å². The first-order chi connectivity index (χ1) is 20.2. The minimum absolute atomic E-state index is 0.250. The van der Waals surface area contributed by atoms with Crippen LogP contribution in [0.4, 0.5) is 0 Å². The number of benzene rings is 1. The van der Waals surface area contributed by atoms with Crippen molar-refractivity contribution in [2.75, 3.05) is 19.6 Å². The molecular weight excluding hydrogens is 544 g/mol. The van der Waals surface area contributed by atoms with Gasteiger partial charge in [0.1, 0.15) is 5.82 Å². The molecular formula is C32H56N8OS. The summed E-state index contributed by atoms with van der Waals surface area (Å²) >= 11 is 1.77. The molecule has 0 atom stereocenters. The Bertz CT molecular complexity index is 1190. The number of fused-ring (bicyclic) bond motifs is 1. The van der Waals surface area contributed by atoms with Crippen molar-refractivity contribution in [2.45, 2.75) is 92.4 Å². The van der Waals surface area contributed by atoms with Crippen LogP contribution in [0.25, 0.3) is 10.9 Å². The predicted octanol–water partition coefficient (Wildman–Crippen LogP) is 6.21. The number of nitrogens with zero attached hydrogens (tertiary/aromatic N) is 5. The molecule has 0 spiro atoms. The smallest absolute Gasteiger partial charge is 0.204 e. The fraction of sp³-hybridized carbons (Fsp3) is 0.531. The molecule has 0 saturated carbocycles. The molecule has 0 radical (unpaired) electrons. The highest BCUT2D eigenvalue weighted by atomic mass is 32.2. The van der Waals surface area contributed by atoms with Crippen LogP contribution in [0.5, 0.6) is 0 Å². The molecule has 2 aromatic heterocycles. The molecule has 10 heteroatoms. The van der Waals surface area contributed by atoms with Gasteiger partial charge in [-0.05, 0) is 43.5 Å². The first kappa shape index (κ1) is 38.9. The van der Waals surface area contributed by atoms with Gasteiger partial charge in [0.05, 0.1) is 17.8 Å². The Labute approximate surface area is 259 Å². The maximum Gasteiger partial charge on any atom is 0.204 e. The summed E-state index contributed by atoms with van der Waals surface area (Å²) in [6.45, 7) is 19.2. The van der Waals surface area contributed by atoms with E-state index >= 15 is 0 Å². The van der Waals surface area contributed by atoms with Crippen LogP contribution in [0.2, 0.25) is 0 Å². The van der Waals surface area contributed by atoms with Crippen LogP contribution in [0.1, 0.15) is 90.0 Å². The van der Waals surface area contributed by atoms with Crippen LogP contribution in [0, 0.1) is 13.8 Å². The summed E-state index contributed by atoms with van der Waals surface area (Å²) in [6, 6.07) is 8.57. The Morgan fingerprint density at radius 3 is 2.14 bits per heavy atom. The van der Waals surface area contributed by atoms with Crippen molar-refractivity contribution >= 4 is 29.3 Å². The third-order valence-corrected chi connectivity index (χ3v) is 7.69. The minimum atomic E-state index is 0.250. The first-order valence-corrected chi connectivity index (χ1v) is 15.9. The van der Waals surface area contributed by atoms with Crippen molar-refractivity contribution in [3.05, 3.63) is 65.1 Å². The molecule has 6 N–H and O–H groups in total. The molecule has 1 fully saturated rings. The Hall–Kier alpha value is -3.08. The molecule has 42 heavy (non-hydrogen) atoms. The topological polar surface area (TPSA) is 132 Å². The molecule has 9 nitrogen and oxygen atoms in total. The van der Waals surface area contributed by atoms with Crippen LogP contribution >= 0.6 is 11.9 Å². The van der Waals surface area contributed by atoms with E-state index in [-0.39, 0.29) is 6.41 Å². The van der Waals surface area contributed by atoms with Crippen LogP contribution in [0.3, 0.4) is 0 Å². The molecule has 0 bridgehead atoms. The second kappa shape index (κ2) is 22.5. The van der Waals surface area contributed by atoms with Crippen LogP contribution in [-0.2, 0) is 18.3 Å². The molecule has 0 unspecified atom stereocenters. The molecule has 1 aromatic carbocycles. The summed E-state index contributed by atoms with van der Waals surface area (Å²) in [7, 11) is 2.13. The van der Waals surface area contributed by atoms with E-state index in [4.69, 9.17) is 16.4 Å². The Kier molecular flexibility index (Phi) is 20.9. The zero-order chi connectivity index (χ0) is 32.1. The Balaban J connectivity index is 0.00000111. The van der Waals surface area contributed by atoms with E-state index in [2.05, 4.69) is 84.4 Å². The summed E-state index contributed by atoms with van der Waals surface area (Å²) in [5.41, 5.74) is 15.6. The zero-order valence-electron chi connectivity index (χ0n) is 27.5. The molecule has 1 amide bonds. The third-order valence-electron chi connectivity index (χ3n) is 6.51. The monoisotopic (exact) mass is 600 g/mol. The van der Waals surface area contributed by atoms with E-state index in [1.807, 2.05) is 33.0 Å². The van der Waals surface area contributed by atoms with Crippen molar-refractivity contribution in [3.8, 4) is 0 Å². The normalized spacial score (nSPS) is 13.5. The number of carbonyl (C=O) groups is 1. The number of aromatic nitrogens is 3. The van der Waals surface area contributed by atoms with Gasteiger partial charge in [-0.2, -0.15) is 0 Å². The fourth-order valence-electron chi connectivity index (χ4n) is 3.63. The van der Waals surface area contributed by atoms with Gasteiger partial charge in [0.15, 0.2) is 0 Å². The SMILES string of the molecule is CC.CCCC.CCCC.Cc1ncc2c(Cc3cc(SN4CCN(N)/C(=C\N)C4)c(C)n3C)cccc2n1.NC=O. The second-order valence-electron chi connectivity index (χ2n) is 9.53. The Morgan fingerprint density at radius 2 is 1.60 bits per heavy atom. The third kappa shape index (κ3) is 12.8. The van der Waals surface area contributed by atoms with Gasteiger partial charge in [-0.15, -0.1) is 0 Å². The lowest BCUT2D eigenvalue weighted by molar-refractivity contribution is -0.106. The molecule has 1 aliphatic heterocycles. The molecule has 4 rings (SSSR count). The van der Waals surface area contributed by atoms with Crippen molar-refractivity contribution in [3.63, 3.8) is 0 Å². The number of primary amides is 1. The number of hydrazine groups is 1. The van der Waals surface area contributed by atoms with E-state index in [0.717, 1.165) is 48.5 Å². The van der Waals surface area contributed by atoms with Gasteiger partial charge < -0.3 is 21.0 Å². The average Bonchev–Trinajstić information content (AvgIpc) is 3.27. The van der Waals surface area contributed by atoms with Crippen LogP contribution in [-0.4, -0.2) is 49.9 Å². The minimum Gasteiger partial charge on any atom is -0.403 e. The van der Waals surface area contributed by atoms with E-state index in [1.165, 1.54) is 47.5 Å². The quantitative estimate of drug-likeness (QED) is 0.173. The summed E-state index contributed by atoms with van der Waals surface area (Å²) in [5.74, 6) is 6.78. The van der Waals surface area contributed by atoms with Crippen LogP contribution in [0.15, 0.2) is 47.3 Å². The van der Waals surface area contributed by atoms with E-state index in [9.17, 15) is 0 Å². The van der Waals surface area contributed by atoms with Crippen molar-refractivity contribution in [2.24, 2.45) is 24.4 Å². The molecule has 1 aliphatic rings. The predicted molar refractivity (Wildman–Crippen MR) is 181 cm³/mol. The van der Waals surface area contributed by atoms with Gasteiger partial charge >= 0.3 is 0 Å². The molecule has 0 aliphatic carbocycles. The highest BCUT2D eigenvalue weighted by Crippen LogP contribution is 2.32. The lowest BCUT2D eigenvalue weighted by atomic mass is 10.1. The number of amides is 1. The average molecular weight is 601 g/mol. The second-order valence-corrected chi connectivity index (χ2v) is 10.7. The number of hydrogen-bond donors (Lipinski definition) is 3. The number of rotatable bonds is 6. The van der Waals surface area contributed by atoms with Gasteiger partial charge in [-0.25, -0.2) is 20.1 Å². The van der Waals surface area contributed by atoms with Gasteiger partial charge in [0.25, 0.3) is 0 Å². The maximum absolute atomic E-state index is 8.58. The van der Waals surface area contributed by atoms with Gasteiger partial charge in [0.2, 0.25) is 6.41 Å². The molecule has 1 saturated heterocycles. The van der Waals surface area contributed by atoms with Gasteiger partial charge in [-0.1, -0.05) is 79.4 Å². The van der Waals surface area contributed by atoms with E-state index in [1.54, 1.807) is 23.2 Å². The highest BCUT2D eigenvalue weighted by Gasteiger charge is 2.21. The highest BCUT2D eigenvalue weighted by molar-refractivity contribution is 7.97. The lowest BCUT2D eigenvalue weighted by Gasteiger charge is -2.34. The summed E-state index contributed by atoms with van der Waals surface area (Å²) < 4.78 is 4.58. The fourth-order valence-corrected chi connectivity index (χ4v) is 4.74.